The van der Waals surface area contributed by atoms with Gasteiger partial charge in [0.1, 0.15) is 5.75 Å². The van der Waals surface area contributed by atoms with Crippen molar-refractivity contribution in [3.63, 3.8) is 0 Å². The average molecular weight is 315 g/mol. The summed E-state index contributed by atoms with van der Waals surface area (Å²) in [4.78, 5) is 26.1. The van der Waals surface area contributed by atoms with Crippen LogP contribution in [0.5, 0.6) is 5.75 Å². The molecule has 6 heteroatoms. The monoisotopic (exact) mass is 315 g/mol. The largest absolute Gasteiger partial charge is 0.497 e. The highest BCUT2D eigenvalue weighted by Gasteiger charge is 2.31. The van der Waals surface area contributed by atoms with Crippen LogP contribution in [-0.2, 0) is 9.59 Å². The number of rotatable bonds is 6. The van der Waals surface area contributed by atoms with Gasteiger partial charge in [-0.25, -0.2) is 0 Å². The third kappa shape index (κ3) is 4.73. The Morgan fingerprint density at radius 2 is 2.13 bits per heavy atom. The lowest BCUT2D eigenvalue weighted by molar-refractivity contribution is -0.124. The normalized spacial score (nSPS) is 17.3. The Labute approximate surface area is 136 Å². The second-order valence-corrected chi connectivity index (χ2v) is 5.33. The van der Waals surface area contributed by atoms with E-state index < -0.39 is 0 Å². The molecular formula is C17H21N3O3. The van der Waals surface area contributed by atoms with Crippen molar-refractivity contribution in [2.24, 2.45) is 0 Å². The quantitative estimate of drug-likeness (QED) is 0.764. The van der Waals surface area contributed by atoms with Crippen LogP contribution < -0.4 is 15.4 Å². The van der Waals surface area contributed by atoms with E-state index in [0.29, 0.717) is 5.69 Å². The number of hydrogen-bond donors (Lipinski definition) is 2. The molecular weight excluding hydrogens is 294 g/mol. The van der Waals surface area contributed by atoms with Crippen molar-refractivity contribution in [2.45, 2.75) is 18.9 Å². The van der Waals surface area contributed by atoms with Crippen molar-refractivity contribution >= 4 is 17.5 Å². The van der Waals surface area contributed by atoms with Gasteiger partial charge < -0.3 is 15.4 Å². The maximum Gasteiger partial charge on any atom is 0.241 e. The van der Waals surface area contributed by atoms with Gasteiger partial charge in [0.15, 0.2) is 0 Å². The summed E-state index contributed by atoms with van der Waals surface area (Å²) in [7, 11) is 1.59. The Morgan fingerprint density at radius 1 is 1.39 bits per heavy atom. The smallest absolute Gasteiger partial charge is 0.241 e. The van der Waals surface area contributed by atoms with Gasteiger partial charge >= 0.3 is 0 Å². The lowest BCUT2D eigenvalue weighted by atomic mass is 10.2. The van der Waals surface area contributed by atoms with Crippen LogP contribution >= 0.6 is 0 Å². The third-order valence-electron chi connectivity index (χ3n) is 3.76. The van der Waals surface area contributed by atoms with E-state index in [1.54, 1.807) is 31.4 Å². The molecule has 2 N–H and O–H groups in total. The fraction of sp³-hybridized carbons (Fsp3) is 0.412. The fourth-order valence-electron chi connectivity index (χ4n) is 2.60. The van der Waals surface area contributed by atoms with Crippen LogP contribution in [0, 0.1) is 12.3 Å². The average Bonchev–Trinajstić information content (AvgIpc) is 3.01. The maximum absolute atomic E-state index is 12.4. The minimum atomic E-state index is -0.298. The predicted octanol–water partition coefficient (Wildman–Crippen LogP) is 0.847. The first-order valence-corrected chi connectivity index (χ1v) is 7.53. The highest BCUT2D eigenvalue weighted by atomic mass is 16.5. The number of terminal acetylenes is 1. The molecule has 122 valence electrons. The molecule has 23 heavy (non-hydrogen) atoms. The van der Waals surface area contributed by atoms with Gasteiger partial charge in [-0.2, -0.15) is 0 Å². The first-order valence-electron chi connectivity index (χ1n) is 7.53. The number of nitrogens with one attached hydrogen (secondary N) is 2. The molecule has 0 radical (unpaired) electrons. The summed E-state index contributed by atoms with van der Waals surface area (Å²) in [5.41, 5.74) is 0.708. The summed E-state index contributed by atoms with van der Waals surface area (Å²) in [6, 6.07) is 6.85. The molecule has 0 bridgehead atoms. The molecule has 0 saturated carbocycles. The molecule has 1 aliphatic heterocycles. The van der Waals surface area contributed by atoms with Gasteiger partial charge in [-0.05, 0) is 43.7 Å². The van der Waals surface area contributed by atoms with E-state index in [4.69, 9.17) is 11.2 Å². The molecule has 2 amide bonds. The number of nitrogens with zero attached hydrogens (tertiary/aromatic N) is 1. The van der Waals surface area contributed by atoms with Crippen molar-refractivity contribution < 1.29 is 14.3 Å². The summed E-state index contributed by atoms with van der Waals surface area (Å²) in [6.07, 6.45) is 6.75. The van der Waals surface area contributed by atoms with E-state index in [1.165, 1.54) is 0 Å². The minimum Gasteiger partial charge on any atom is -0.497 e. The van der Waals surface area contributed by atoms with Gasteiger partial charge in [0.05, 0.1) is 26.2 Å². The van der Waals surface area contributed by atoms with Crippen molar-refractivity contribution in [1.29, 1.82) is 0 Å². The zero-order valence-corrected chi connectivity index (χ0v) is 13.2. The molecule has 1 heterocycles. The van der Waals surface area contributed by atoms with E-state index in [2.05, 4.69) is 16.6 Å². The SMILES string of the molecule is C#CCNC(=O)CN1CCC[C@@H]1C(=O)Nc1ccc(OC)cc1. The van der Waals surface area contributed by atoms with Crippen molar-refractivity contribution in [3.8, 4) is 18.1 Å². The number of benzene rings is 1. The Kier molecular flexibility index (Phi) is 6.01. The number of carbonyl (C=O) groups is 2. The summed E-state index contributed by atoms with van der Waals surface area (Å²) < 4.78 is 5.09. The van der Waals surface area contributed by atoms with Gasteiger partial charge in [0, 0.05) is 5.69 Å². The minimum absolute atomic E-state index is 0.0996. The van der Waals surface area contributed by atoms with E-state index >= 15 is 0 Å². The van der Waals surface area contributed by atoms with Crippen LogP contribution in [0.1, 0.15) is 12.8 Å². The third-order valence-corrected chi connectivity index (χ3v) is 3.76. The van der Waals surface area contributed by atoms with E-state index in [9.17, 15) is 9.59 Å². The second kappa shape index (κ2) is 8.20. The molecule has 0 spiro atoms. The van der Waals surface area contributed by atoms with Crippen LogP contribution in [0.3, 0.4) is 0 Å². The summed E-state index contributed by atoms with van der Waals surface area (Å²) in [5.74, 6) is 2.83. The zero-order valence-electron chi connectivity index (χ0n) is 13.2. The predicted molar refractivity (Wildman–Crippen MR) is 88.1 cm³/mol. The molecule has 1 saturated heterocycles. The van der Waals surface area contributed by atoms with Crippen LogP contribution in [0.25, 0.3) is 0 Å². The first-order chi connectivity index (χ1) is 11.1. The summed E-state index contributed by atoms with van der Waals surface area (Å²) in [5, 5.41) is 5.50. The lowest BCUT2D eigenvalue weighted by Crippen LogP contribution is -2.45. The number of ether oxygens (including phenoxy) is 1. The van der Waals surface area contributed by atoms with Crippen LogP contribution in [0.15, 0.2) is 24.3 Å². The zero-order chi connectivity index (χ0) is 16.7. The molecule has 2 rings (SSSR count). The number of anilines is 1. The summed E-state index contributed by atoms with van der Waals surface area (Å²) in [6.45, 7) is 1.11. The number of carbonyl (C=O) groups excluding carboxylic acids is 2. The standard InChI is InChI=1S/C17H21N3O3/c1-3-10-18-16(21)12-20-11-4-5-15(20)17(22)19-13-6-8-14(23-2)9-7-13/h1,6-9,15H,4-5,10-12H2,2H3,(H,18,21)(H,19,22)/t15-/m1/s1. The van der Waals surface area contributed by atoms with Gasteiger partial charge in [-0.15, -0.1) is 6.42 Å². The van der Waals surface area contributed by atoms with Crippen molar-refractivity contribution in [2.75, 3.05) is 32.1 Å². The molecule has 1 atom stereocenters. The molecule has 1 fully saturated rings. The van der Waals surface area contributed by atoms with Crippen LogP contribution in [0.2, 0.25) is 0 Å². The topological polar surface area (TPSA) is 70.7 Å². The highest BCUT2D eigenvalue weighted by molar-refractivity contribution is 5.95. The summed E-state index contributed by atoms with van der Waals surface area (Å²) >= 11 is 0. The Morgan fingerprint density at radius 3 is 2.78 bits per heavy atom. The second-order valence-electron chi connectivity index (χ2n) is 5.33. The molecule has 1 aromatic rings. The van der Waals surface area contributed by atoms with Crippen molar-refractivity contribution in [3.05, 3.63) is 24.3 Å². The van der Waals surface area contributed by atoms with Crippen LogP contribution in [-0.4, -0.2) is 49.5 Å². The van der Waals surface area contributed by atoms with Gasteiger partial charge in [-0.3, -0.25) is 14.5 Å². The van der Waals surface area contributed by atoms with Crippen LogP contribution in [0.4, 0.5) is 5.69 Å². The first kappa shape index (κ1) is 16.8. The molecule has 6 nitrogen and oxygen atoms in total. The van der Waals surface area contributed by atoms with Gasteiger partial charge in [0.2, 0.25) is 11.8 Å². The number of likely N-dealkylation sites (tertiary alicyclic amines) is 1. The molecule has 0 aromatic heterocycles. The van der Waals surface area contributed by atoms with E-state index in [1.807, 2.05) is 4.90 Å². The maximum atomic E-state index is 12.4. The molecule has 1 aliphatic rings. The van der Waals surface area contributed by atoms with E-state index in [0.717, 1.165) is 25.1 Å². The number of amides is 2. The number of methoxy groups -OCH3 is 1. The Bertz CT molecular complexity index is 592. The Hall–Kier alpha value is -2.52. The molecule has 0 unspecified atom stereocenters. The fourth-order valence-corrected chi connectivity index (χ4v) is 2.60. The molecule has 0 aliphatic carbocycles. The number of hydrogen-bond acceptors (Lipinski definition) is 4. The van der Waals surface area contributed by atoms with Crippen molar-refractivity contribution in [1.82, 2.24) is 10.2 Å². The highest BCUT2D eigenvalue weighted by Crippen LogP contribution is 2.20. The van der Waals surface area contributed by atoms with E-state index in [-0.39, 0.29) is 30.9 Å². The molecule has 1 aromatic carbocycles. The van der Waals surface area contributed by atoms with Gasteiger partial charge in [-0.1, -0.05) is 5.92 Å². The Balaban J connectivity index is 1.91. The lowest BCUT2D eigenvalue weighted by Gasteiger charge is -2.23. The van der Waals surface area contributed by atoms with Gasteiger partial charge in [0.25, 0.3) is 0 Å².